The first-order valence-electron chi connectivity index (χ1n) is 11.3. The minimum absolute atomic E-state index is 0.264. The summed E-state index contributed by atoms with van der Waals surface area (Å²) in [6.45, 7) is 18.3. The van der Waals surface area contributed by atoms with Gasteiger partial charge < -0.3 is 24.1 Å². The summed E-state index contributed by atoms with van der Waals surface area (Å²) in [5, 5.41) is 7.33. The Morgan fingerprint density at radius 1 is 1.19 bits per heavy atom. The molecule has 1 aromatic rings. The van der Waals surface area contributed by atoms with Gasteiger partial charge in [0.25, 0.3) is 0 Å². The lowest BCUT2D eigenvalue weighted by Crippen LogP contribution is -2.44. The maximum absolute atomic E-state index is 12.0. The maximum atomic E-state index is 12.0. The summed E-state index contributed by atoms with van der Waals surface area (Å²) in [7, 11) is 0. The van der Waals surface area contributed by atoms with Crippen molar-refractivity contribution in [3.8, 4) is 5.75 Å². The lowest BCUT2D eigenvalue weighted by atomic mass is 10.0. The smallest absolute Gasteiger partial charge is 0.335 e. The van der Waals surface area contributed by atoms with Gasteiger partial charge in [-0.2, -0.15) is 0 Å². The van der Waals surface area contributed by atoms with Crippen LogP contribution in [0.5, 0.6) is 5.75 Å². The summed E-state index contributed by atoms with van der Waals surface area (Å²) in [5.41, 5.74) is 2.21. The fourth-order valence-corrected chi connectivity index (χ4v) is 2.84. The van der Waals surface area contributed by atoms with Crippen molar-refractivity contribution in [1.82, 2.24) is 0 Å². The molecule has 7 nitrogen and oxygen atoms in total. The molecule has 1 fully saturated rings. The quantitative estimate of drug-likeness (QED) is 0.437. The van der Waals surface area contributed by atoms with E-state index in [1.54, 1.807) is 6.92 Å². The summed E-state index contributed by atoms with van der Waals surface area (Å²) < 4.78 is 22.0. The topological polar surface area (TPSA) is 91.3 Å². The molecule has 1 aliphatic rings. The number of ether oxygens (including phenoxy) is 4. The molecule has 7 heteroatoms. The van der Waals surface area contributed by atoms with Gasteiger partial charge in [-0.15, -0.1) is 0 Å². The van der Waals surface area contributed by atoms with Crippen LogP contribution >= 0.6 is 0 Å². The molecule has 32 heavy (non-hydrogen) atoms. The van der Waals surface area contributed by atoms with Gasteiger partial charge in [0.2, 0.25) is 6.29 Å². The van der Waals surface area contributed by atoms with Crippen LogP contribution in [0.4, 0.5) is 0 Å². The van der Waals surface area contributed by atoms with Crippen LogP contribution in [-0.4, -0.2) is 42.1 Å². The van der Waals surface area contributed by atoms with Gasteiger partial charge in [-0.1, -0.05) is 53.3 Å². The highest BCUT2D eigenvalue weighted by Gasteiger charge is 2.37. The largest absolute Gasteiger partial charge is 0.516 e. The SMILES string of the molecule is C=CO.CC.CC.CCOC(=O)C1CC(OC(C)=O)CC(Oc2ccc(CC)cc2C)O1. The van der Waals surface area contributed by atoms with Gasteiger partial charge in [0.15, 0.2) is 6.10 Å². The van der Waals surface area contributed by atoms with E-state index in [1.807, 2.05) is 46.8 Å². The van der Waals surface area contributed by atoms with E-state index in [9.17, 15) is 9.59 Å². The number of carbonyl (C=O) groups is 2. The molecule has 1 aromatic carbocycles. The molecule has 0 radical (unpaired) electrons. The lowest BCUT2D eigenvalue weighted by molar-refractivity contribution is -0.205. The van der Waals surface area contributed by atoms with Crippen molar-refractivity contribution in [2.45, 2.75) is 93.2 Å². The normalized spacial score (nSPS) is 18.7. The summed E-state index contributed by atoms with van der Waals surface area (Å²) in [6, 6.07) is 5.95. The summed E-state index contributed by atoms with van der Waals surface area (Å²) in [4.78, 5) is 23.3. The molecule has 1 heterocycles. The van der Waals surface area contributed by atoms with Crippen molar-refractivity contribution in [2.75, 3.05) is 6.61 Å². The highest BCUT2D eigenvalue weighted by molar-refractivity contribution is 5.75. The molecule has 0 aromatic heterocycles. The Morgan fingerprint density at radius 2 is 1.78 bits per heavy atom. The van der Waals surface area contributed by atoms with Crippen LogP contribution in [0, 0.1) is 6.92 Å². The Labute approximate surface area is 193 Å². The Kier molecular flexibility index (Phi) is 19.0. The number of rotatable bonds is 6. The molecule has 1 N–H and O–H groups in total. The van der Waals surface area contributed by atoms with Crippen molar-refractivity contribution in [3.05, 3.63) is 42.2 Å². The van der Waals surface area contributed by atoms with Crippen LogP contribution in [-0.2, 0) is 30.2 Å². The fraction of sp³-hybridized carbons (Fsp3) is 0.600. The maximum Gasteiger partial charge on any atom is 0.335 e. The molecule has 3 unspecified atom stereocenters. The molecule has 1 aliphatic heterocycles. The second-order valence-corrected chi connectivity index (χ2v) is 6.26. The molecule has 0 bridgehead atoms. The van der Waals surface area contributed by atoms with Crippen LogP contribution in [0.25, 0.3) is 0 Å². The van der Waals surface area contributed by atoms with E-state index in [0.29, 0.717) is 12.2 Å². The summed E-state index contributed by atoms with van der Waals surface area (Å²) in [5.74, 6) is -0.170. The van der Waals surface area contributed by atoms with Crippen molar-refractivity contribution >= 4 is 11.9 Å². The van der Waals surface area contributed by atoms with Crippen LogP contribution < -0.4 is 4.74 Å². The van der Waals surface area contributed by atoms with E-state index in [1.165, 1.54) is 12.5 Å². The number of hydrogen-bond acceptors (Lipinski definition) is 7. The number of esters is 2. The van der Waals surface area contributed by atoms with Crippen molar-refractivity contribution in [1.29, 1.82) is 0 Å². The monoisotopic (exact) mass is 454 g/mol. The molecular weight excluding hydrogens is 412 g/mol. The third-order valence-corrected chi connectivity index (χ3v) is 4.04. The molecule has 0 aliphatic carbocycles. The number of aliphatic hydroxyl groups is 1. The summed E-state index contributed by atoms with van der Waals surface area (Å²) >= 11 is 0. The Balaban J connectivity index is 0. The highest BCUT2D eigenvalue weighted by Crippen LogP contribution is 2.28. The average Bonchev–Trinajstić information content (AvgIpc) is 2.78. The third-order valence-electron chi connectivity index (χ3n) is 4.04. The predicted molar refractivity (Wildman–Crippen MR) is 127 cm³/mol. The number of hydrogen-bond donors (Lipinski definition) is 1. The van der Waals surface area contributed by atoms with Gasteiger partial charge in [-0.3, -0.25) is 4.79 Å². The van der Waals surface area contributed by atoms with E-state index in [0.717, 1.165) is 18.2 Å². The van der Waals surface area contributed by atoms with Crippen LogP contribution in [0.3, 0.4) is 0 Å². The molecule has 0 amide bonds. The van der Waals surface area contributed by atoms with Gasteiger partial charge in [0.1, 0.15) is 11.9 Å². The zero-order valence-electron chi connectivity index (χ0n) is 21.0. The van der Waals surface area contributed by atoms with Gasteiger partial charge in [0, 0.05) is 19.8 Å². The first kappa shape index (κ1) is 31.6. The van der Waals surface area contributed by atoms with Gasteiger partial charge in [-0.25, -0.2) is 4.79 Å². The van der Waals surface area contributed by atoms with Crippen molar-refractivity contribution < 1.29 is 33.6 Å². The molecular formula is C25H42O7. The second-order valence-electron chi connectivity index (χ2n) is 6.26. The zero-order chi connectivity index (χ0) is 25.1. The van der Waals surface area contributed by atoms with E-state index in [4.69, 9.17) is 24.1 Å². The lowest BCUT2D eigenvalue weighted by Gasteiger charge is -2.33. The van der Waals surface area contributed by atoms with Gasteiger partial charge in [-0.05, 0) is 37.5 Å². The predicted octanol–water partition coefficient (Wildman–Crippen LogP) is 5.68. The number of aliphatic hydroxyl groups excluding tert-OH is 1. The van der Waals surface area contributed by atoms with Crippen molar-refractivity contribution in [3.63, 3.8) is 0 Å². The first-order valence-corrected chi connectivity index (χ1v) is 11.3. The molecule has 3 atom stereocenters. The highest BCUT2D eigenvalue weighted by atomic mass is 16.7. The standard InChI is InChI=1S/C19H26O6.C2H4O.2C2H6/c1-5-14-7-8-16(12(3)9-14)24-18-11-15(23-13(4)20)10-17(25-18)19(21)22-6-2;1-2-3;2*1-2/h7-9,15,17-18H,5-6,10-11H2,1-4H3;2-3H,1H2;2*1-2H3. The molecule has 1 saturated heterocycles. The first-order chi connectivity index (χ1) is 15.3. The Morgan fingerprint density at radius 3 is 2.25 bits per heavy atom. The third kappa shape index (κ3) is 12.3. The van der Waals surface area contributed by atoms with E-state index < -0.39 is 30.4 Å². The van der Waals surface area contributed by atoms with Crippen LogP contribution in [0.2, 0.25) is 0 Å². The van der Waals surface area contributed by atoms with Gasteiger partial charge in [0.05, 0.1) is 12.9 Å². The van der Waals surface area contributed by atoms with E-state index in [-0.39, 0.29) is 13.0 Å². The molecule has 2 rings (SSSR count). The van der Waals surface area contributed by atoms with Crippen molar-refractivity contribution in [2.24, 2.45) is 0 Å². The van der Waals surface area contributed by atoms with Crippen LogP contribution in [0.15, 0.2) is 31.0 Å². The Bertz CT molecular complexity index is 658. The summed E-state index contributed by atoms with van der Waals surface area (Å²) in [6.07, 6.45) is 0.398. The molecule has 184 valence electrons. The van der Waals surface area contributed by atoms with E-state index >= 15 is 0 Å². The Hall–Kier alpha value is -2.54. The van der Waals surface area contributed by atoms with Crippen LogP contribution in [0.1, 0.15) is 72.4 Å². The molecule has 0 saturated carbocycles. The average molecular weight is 455 g/mol. The number of benzene rings is 1. The molecule has 0 spiro atoms. The van der Waals surface area contributed by atoms with E-state index in [2.05, 4.69) is 19.6 Å². The number of carbonyl (C=O) groups excluding carboxylic acids is 2. The fourth-order valence-electron chi connectivity index (χ4n) is 2.84. The minimum atomic E-state index is -0.807. The minimum Gasteiger partial charge on any atom is -0.516 e. The number of aryl methyl sites for hydroxylation is 2. The van der Waals surface area contributed by atoms with Gasteiger partial charge >= 0.3 is 11.9 Å². The second kappa shape index (κ2) is 19.2. The zero-order valence-corrected chi connectivity index (χ0v) is 21.0.